The number of anilines is 1. The van der Waals surface area contributed by atoms with Crippen molar-refractivity contribution in [3.8, 4) is 0 Å². The van der Waals surface area contributed by atoms with Crippen LogP contribution in [0.4, 0.5) is 5.13 Å². The Labute approximate surface area is 112 Å². The number of aryl methyl sites for hydroxylation is 1. The number of nitrogens with one attached hydrogen (secondary N) is 1. The lowest BCUT2D eigenvalue weighted by Crippen LogP contribution is -2.07. The summed E-state index contributed by atoms with van der Waals surface area (Å²) >= 11 is 1.44. The average molecular weight is 261 g/mol. The number of hydrogen-bond acceptors (Lipinski definition) is 4. The van der Waals surface area contributed by atoms with Crippen LogP contribution in [0.15, 0.2) is 24.3 Å². The molecule has 0 saturated heterocycles. The Morgan fingerprint density at radius 2 is 2.17 bits per heavy atom. The third-order valence-corrected chi connectivity index (χ3v) is 3.28. The second-order valence-corrected chi connectivity index (χ2v) is 5.71. The molecule has 96 valence electrons. The fourth-order valence-corrected chi connectivity index (χ4v) is 2.28. The molecule has 2 rings (SSSR count). The van der Waals surface area contributed by atoms with Gasteiger partial charge in [-0.3, -0.25) is 0 Å². The first-order chi connectivity index (χ1) is 8.63. The molecule has 0 bridgehead atoms. The van der Waals surface area contributed by atoms with Crippen LogP contribution in [0, 0.1) is 12.8 Å². The van der Waals surface area contributed by atoms with Crippen molar-refractivity contribution in [3.05, 3.63) is 41.2 Å². The normalized spacial score (nSPS) is 10.9. The molecule has 0 aliphatic carbocycles. The van der Waals surface area contributed by atoms with Gasteiger partial charge in [-0.25, -0.2) is 4.98 Å². The Morgan fingerprint density at radius 1 is 1.33 bits per heavy atom. The number of hydrogen-bond donors (Lipinski definition) is 1. The predicted molar refractivity (Wildman–Crippen MR) is 77.2 cm³/mol. The Bertz CT molecular complexity index is 505. The third kappa shape index (κ3) is 3.81. The Balaban J connectivity index is 1.98. The van der Waals surface area contributed by atoms with Crippen molar-refractivity contribution in [2.24, 2.45) is 5.92 Å². The molecule has 18 heavy (non-hydrogen) atoms. The lowest BCUT2D eigenvalue weighted by atomic mass is 10.1. The van der Waals surface area contributed by atoms with Crippen molar-refractivity contribution < 1.29 is 0 Å². The number of benzene rings is 1. The van der Waals surface area contributed by atoms with Gasteiger partial charge in [0.15, 0.2) is 0 Å². The van der Waals surface area contributed by atoms with Crippen molar-refractivity contribution in [2.75, 3.05) is 11.9 Å². The molecule has 0 saturated carbocycles. The number of aromatic nitrogens is 2. The van der Waals surface area contributed by atoms with Crippen LogP contribution in [-0.2, 0) is 6.42 Å². The summed E-state index contributed by atoms with van der Waals surface area (Å²) in [6, 6.07) is 8.49. The summed E-state index contributed by atoms with van der Waals surface area (Å²) in [5.41, 5.74) is 2.55. The zero-order valence-electron chi connectivity index (χ0n) is 11.1. The van der Waals surface area contributed by atoms with E-state index in [0.29, 0.717) is 5.92 Å². The molecule has 1 aromatic heterocycles. The first-order valence-corrected chi connectivity index (χ1v) is 7.03. The van der Waals surface area contributed by atoms with Crippen molar-refractivity contribution in [3.63, 3.8) is 0 Å². The fourth-order valence-electron chi connectivity index (χ4n) is 1.69. The van der Waals surface area contributed by atoms with Gasteiger partial charge in [0.2, 0.25) is 5.13 Å². The topological polar surface area (TPSA) is 37.8 Å². The van der Waals surface area contributed by atoms with Crippen LogP contribution in [0.2, 0.25) is 0 Å². The van der Waals surface area contributed by atoms with Gasteiger partial charge in [0.05, 0.1) is 0 Å². The van der Waals surface area contributed by atoms with Gasteiger partial charge in [-0.2, -0.15) is 4.37 Å². The lowest BCUT2D eigenvalue weighted by molar-refractivity contribution is 0.688. The summed E-state index contributed by atoms with van der Waals surface area (Å²) in [7, 11) is 0. The van der Waals surface area contributed by atoms with E-state index in [-0.39, 0.29) is 0 Å². The van der Waals surface area contributed by atoms with E-state index < -0.39 is 0 Å². The molecule has 0 aliphatic heterocycles. The van der Waals surface area contributed by atoms with Crippen LogP contribution < -0.4 is 5.32 Å². The molecule has 0 fully saturated rings. The van der Waals surface area contributed by atoms with Crippen LogP contribution in [0.1, 0.15) is 30.8 Å². The van der Waals surface area contributed by atoms with E-state index in [1.165, 1.54) is 22.7 Å². The van der Waals surface area contributed by atoms with Gasteiger partial charge in [0, 0.05) is 24.5 Å². The number of rotatable bonds is 5. The van der Waals surface area contributed by atoms with Gasteiger partial charge in [-0.1, -0.05) is 43.7 Å². The molecule has 0 amide bonds. The maximum atomic E-state index is 4.50. The van der Waals surface area contributed by atoms with E-state index in [1.54, 1.807) is 0 Å². The predicted octanol–water partition coefficient (Wildman–Crippen LogP) is 3.51. The molecule has 3 nitrogen and oxygen atoms in total. The first-order valence-electron chi connectivity index (χ1n) is 6.25. The highest BCUT2D eigenvalue weighted by atomic mass is 32.1. The highest BCUT2D eigenvalue weighted by molar-refractivity contribution is 7.09. The summed E-state index contributed by atoms with van der Waals surface area (Å²) < 4.78 is 4.39. The standard InChI is InChI=1S/C14H19N3S/c1-10(2)9-15-14-16-13(17-18-14)8-12-6-4-5-11(3)7-12/h4-7,10H,8-9H2,1-3H3,(H,15,16,17). The molecule has 1 N–H and O–H groups in total. The molecular formula is C14H19N3S. The zero-order chi connectivity index (χ0) is 13.0. The molecule has 0 unspecified atom stereocenters. The van der Waals surface area contributed by atoms with Gasteiger partial charge < -0.3 is 5.32 Å². The quantitative estimate of drug-likeness (QED) is 0.895. The Hall–Kier alpha value is -1.42. The SMILES string of the molecule is Cc1cccc(Cc2nsc(NCC(C)C)n2)c1. The van der Waals surface area contributed by atoms with E-state index in [4.69, 9.17) is 0 Å². The highest BCUT2D eigenvalue weighted by Crippen LogP contribution is 2.15. The van der Waals surface area contributed by atoms with E-state index in [2.05, 4.69) is 59.7 Å². The van der Waals surface area contributed by atoms with Crippen molar-refractivity contribution in [1.29, 1.82) is 0 Å². The van der Waals surface area contributed by atoms with Crippen molar-refractivity contribution in [2.45, 2.75) is 27.2 Å². The van der Waals surface area contributed by atoms with E-state index in [9.17, 15) is 0 Å². The van der Waals surface area contributed by atoms with Gasteiger partial charge >= 0.3 is 0 Å². The van der Waals surface area contributed by atoms with Gasteiger partial charge in [-0.15, -0.1) is 0 Å². The van der Waals surface area contributed by atoms with Crippen molar-refractivity contribution >= 4 is 16.7 Å². The smallest absolute Gasteiger partial charge is 0.202 e. The fraction of sp³-hybridized carbons (Fsp3) is 0.429. The monoisotopic (exact) mass is 261 g/mol. The zero-order valence-corrected chi connectivity index (χ0v) is 11.9. The van der Waals surface area contributed by atoms with Crippen molar-refractivity contribution in [1.82, 2.24) is 9.36 Å². The maximum Gasteiger partial charge on any atom is 0.202 e. The second kappa shape index (κ2) is 5.96. The van der Waals surface area contributed by atoms with Crippen LogP contribution in [-0.4, -0.2) is 15.9 Å². The highest BCUT2D eigenvalue weighted by Gasteiger charge is 2.05. The summed E-state index contributed by atoms with van der Waals surface area (Å²) in [5, 5.41) is 4.23. The summed E-state index contributed by atoms with van der Waals surface area (Å²) in [4.78, 5) is 4.50. The molecular weight excluding hydrogens is 242 g/mol. The third-order valence-electron chi connectivity index (χ3n) is 2.57. The van der Waals surface area contributed by atoms with E-state index in [0.717, 1.165) is 23.9 Å². The average Bonchev–Trinajstić information content (AvgIpc) is 2.74. The second-order valence-electron chi connectivity index (χ2n) is 4.96. The summed E-state index contributed by atoms with van der Waals surface area (Å²) in [6.07, 6.45) is 0.807. The molecule has 0 atom stereocenters. The molecule has 2 aromatic rings. The largest absolute Gasteiger partial charge is 0.360 e. The summed E-state index contributed by atoms with van der Waals surface area (Å²) in [6.45, 7) is 7.41. The Kier molecular flexibility index (Phi) is 4.31. The van der Waals surface area contributed by atoms with E-state index >= 15 is 0 Å². The van der Waals surface area contributed by atoms with Crippen LogP contribution >= 0.6 is 11.5 Å². The molecule has 0 radical (unpaired) electrons. The summed E-state index contributed by atoms with van der Waals surface area (Å²) in [5.74, 6) is 1.52. The number of nitrogens with zero attached hydrogens (tertiary/aromatic N) is 2. The maximum absolute atomic E-state index is 4.50. The van der Waals surface area contributed by atoms with E-state index in [1.807, 2.05) is 0 Å². The van der Waals surface area contributed by atoms with Crippen LogP contribution in [0.3, 0.4) is 0 Å². The molecule has 1 heterocycles. The van der Waals surface area contributed by atoms with Gasteiger partial charge in [-0.05, 0) is 18.4 Å². The minimum absolute atomic E-state index is 0.620. The minimum atomic E-state index is 0.620. The molecule has 1 aromatic carbocycles. The molecule has 0 aliphatic rings. The molecule has 4 heteroatoms. The lowest BCUT2D eigenvalue weighted by Gasteiger charge is -2.03. The minimum Gasteiger partial charge on any atom is -0.360 e. The van der Waals surface area contributed by atoms with Crippen LogP contribution in [0.5, 0.6) is 0 Å². The van der Waals surface area contributed by atoms with Crippen LogP contribution in [0.25, 0.3) is 0 Å². The van der Waals surface area contributed by atoms with Gasteiger partial charge in [0.1, 0.15) is 5.82 Å². The molecule has 0 spiro atoms. The first kappa shape index (κ1) is 13.0. The van der Waals surface area contributed by atoms with Gasteiger partial charge in [0.25, 0.3) is 0 Å². The Morgan fingerprint density at radius 3 is 2.89 bits per heavy atom.